The molecule has 5 rings (SSSR count). The van der Waals surface area contributed by atoms with Crippen LogP contribution in [0, 0.1) is 0 Å². The Bertz CT molecular complexity index is 1270. The van der Waals surface area contributed by atoms with Crippen LogP contribution < -0.4 is 0 Å². The average Bonchev–Trinajstić information content (AvgIpc) is 3.09. The molecule has 0 atom stereocenters. The molecular weight excluding hydrogens is 454 g/mol. The normalized spacial score (nSPS) is 17.9. The Morgan fingerprint density at radius 3 is 2.33 bits per heavy atom. The number of piperidine rings is 1. The number of rotatable bonds is 8. The zero-order valence-electron chi connectivity index (χ0n) is 20.6. The van der Waals surface area contributed by atoms with Crippen molar-refractivity contribution in [3.05, 3.63) is 83.9 Å². The second kappa shape index (κ2) is 10.2. The van der Waals surface area contributed by atoms with E-state index >= 15 is 0 Å². The Morgan fingerprint density at radius 2 is 1.61 bits per heavy atom. The summed E-state index contributed by atoms with van der Waals surface area (Å²) in [6.45, 7) is 2.60. The first-order chi connectivity index (χ1) is 17.5. The summed E-state index contributed by atoms with van der Waals surface area (Å²) in [5.74, 6) is -0.509. The van der Waals surface area contributed by atoms with Gasteiger partial charge in [0.1, 0.15) is 5.54 Å². The van der Waals surface area contributed by atoms with Crippen LogP contribution in [0.15, 0.2) is 72.8 Å². The van der Waals surface area contributed by atoms with Gasteiger partial charge in [-0.3, -0.25) is 19.4 Å². The lowest BCUT2D eigenvalue weighted by Crippen LogP contribution is -2.57. The lowest BCUT2D eigenvalue weighted by atomic mass is 9.85. The van der Waals surface area contributed by atoms with Crippen LogP contribution in [0.1, 0.15) is 28.8 Å². The minimum absolute atomic E-state index is 0.243. The summed E-state index contributed by atoms with van der Waals surface area (Å²) in [6.07, 6.45) is 1.07. The van der Waals surface area contributed by atoms with Gasteiger partial charge in [0.15, 0.2) is 5.78 Å². The van der Waals surface area contributed by atoms with Crippen LogP contribution in [0.2, 0.25) is 0 Å². The molecule has 0 bridgehead atoms. The van der Waals surface area contributed by atoms with Gasteiger partial charge in [0, 0.05) is 38.9 Å². The summed E-state index contributed by atoms with van der Waals surface area (Å²) in [5.41, 5.74) is 0.796. The zero-order valence-corrected chi connectivity index (χ0v) is 20.6. The monoisotopic (exact) mass is 485 g/mol. The van der Waals surface area contributed by atoms with Crippen molar-refractivity contribution in [1.29, 1.82) is 0 Å². The van der Waals surface area contributed by atoms with Crippen molar-refractivity contribution in [2.45, 2.75) is 24.9 Å². The molecule has 3 aromatic rings. The highest BCUT2D eigenvalue weighted by Crippen LogP contribution is 2.37. The van der Waals surface area contributed by atoms with Gasteiger partial charge in [-0.2, -0.15) is 0 Å². The quantitative estimate of drug-likeness (QED) is 0.357. The first-order valence-corrected chi connectivity index (χ1v) is 12.4. The smallest absolute Gasteiger partial charge is 0.328 e. The molecule has 0 N–H and O–H groups in total. The number of hydrogen-bond donors (Lipinski definition) is 0. The second-order valence-corrected chi connectivity index (χ2v) is 9.60. The first kappa shape index (κ1) is 24.2. The number of Topliss-reactive ketones (excluding diaryl/α,β-unsaturated/α-hetero) is 1. The number of carbonyl (C=O) groups excluding carboxylic acids is 3. The van der Waals surface area contributed by atoms with E-state index in [0.29, 0.717) is 44.6 Å². The number of ketones is 1. The topological polar surface area (TPSA) is 70.2 Å². The van der Waals surface area contributed by atoms with Crippen molar-refractivity contribution in [3.8, 4) is 0 Å². The van der Waals surface area contributed by atoms with Gasteiger partial charge < -0.3 is 9.64 Å². The zero-order chi connectivity index (χ0) is 25.1. The van der Waals surface area contributed by atoms with E-state index in [2.05, 4.69) is 17.0 Å². The van der Waals surface area contributed by atoms with Gasteiger partial charge in [-0.1, -0.05) is 66.7 Å². The molecule has 3 aromatic carbocycles. The number of nitrogens with zero attached hydrogens (tertiary/aromatic N) is 3. The minimum atomic E-state index is -0.924. The molecule has 7 nitrogen and oxygen atoms in total. The van der Waals surface area contributed by atoms with Gasteiger partial charge in [-0.05, 0) is 35.2 Å². The van der Waals surface area contributed by atoms with E-state index in [-0.39, 0.29) is 18.2 Å². The second-order valence-electron chi connectivity index (χ2n) is 9.60. The number of likely N-dealkylation sites (tertiary alicyclic amines) is 1. The maximum Gasteiger partial charge on any atom is 0.328 e. The molecule has 36 heavy (non-hydrogen) atoms. The highest BCUT2D eigenvalue weighted by molar-refractivity contribution is 6.11. The Labute approximate surface area is 211 Å². The predicted molar refractivity (Wildman–Crippen MR) is 138 cm³/mol. The number of ether oxygens (including phenoxy) is 1. The molecule has 2 aliphatic heterocycles. The number of amides is 3. The number of imide groups is 1. The van der Waals surface area contributed by atoms with Gasteiger partial charge in [-0.15, -0.1) is 0 Å². The lowest BCUT2D eigenvalue weighted by molar-refractivity contribution is -0.135. The summed E-state index contributed by atoms with van der Waals surface area (Å²) in [5, 5.41) is 1.99. The number of benzene rings is 3. The molecule has 3 amide bonds. The number of fused-ring (bicyclic) bond motifs is 1. The molecule has 0 aliphatic carbocycles. The largest absolute Gasteiger partial charge is 0.383 e. The van der Waals surface area contributed by atoms with E-state index in [1.165, 1.54) is 5.56 Å². The van der Waals surface area contributed by atoms with E-state index in [4.69, 9.17) is 4.74 Å². The summed E-state index contributed by atoms with van der Waals surface area (Å²) in [4.78, 5) is 45.5. The van der Waals surface area contributed by atoms with Crippen molar-refractivity contribution in [3.63, 3.8) is 0 Å². The predicted octanol–water partition coefficient (Wildman–Crippen LogP) is 3.97. The minimum Gasteiger partial charge on any atom is -0.383 e. The highest BCUT2D eigenvalue weighted by atomic mass is 16.5. The highest BCUT2D eigenvalue weighted by Gasteiger charge is 2.58. The Balaban J connectivity index is 1.33. The van der Waals surface area contributed by atoms with Crippen LogP contribution >= 0.6 is 0 Å². The standard InChI is InChI=1S/C29H31N3O4/c1-36-18-17-32-28(35)31(21-26(33)25-12-11-23-9-5-6-10-24(23)19-25)27(34)29(32)13-15-30(16-14-29)20-22-7-3-2-4-8-22/h2-12,19H,13-18,20-21H2,1H3. The number of urea groups is 1. The molecule has 1 spiro atoms. The van der Waals surface area contributed by atoms with Crippen molar-refractivity contribution in [1.82, 2.24) is 14.7 Å². The third-order valence-electron chi connectivity index (χ3n) is 7.45. The van der Waals surface area contributed by atoms with E-state index < -0.39 is 11.6 Å². The molecular formula is C29H31N3O4. The van der Waals surface area contributed by atoms with Gasteiger partial charge in [0.05, 0.1) is 13.2 Å². The summed E-state index contributed by atoms with van der Waals surface area (Å²) < 4.78 is 5.25. The molecule has 2 heterocycles. The molecule has 0 aromatic heterocycles. The summed E-state index contributed by atoms with van der Waals surface area (Å²) in [6, 6.07) is 23.1. The molecule has 0 saturated carbocycles. The van der Waals surface area contributed by atoms with E-state index in [0.717, 1.165) is 22.2 Å². The molecule has 186 valence electrons. The van der Waals surface area contributed by atoms with Crippen molar-refractivity contribution in [2.24, 2.45) is 0 Å². The van der Waals surface area contributed by atoms with Gasteiger partial charge >= 0.3 is 6.03 Å². The molecule has 0 radical (unpaired) electrons. The summed E-state index contributed by atoms with van der Waals surface area (Å²) in [7, 11) is 1.58. The van der Waals surface area contributed by atoms with Crippen LogP contribution in [-0.2, 0) is 16.1 Å². The van der Waals surface area contributed by atoms with Gasteiger partial charge in [0.25, 0.3) is 5.91 Å². The Morgan fingerprint density at radius 1 is 0.917 bits per heavy atom. The Kier molecular flexibility index (Phi) is 6.85. The fourth-order valence-corrected chi connectivity index (χ4v) is 5.42. The maximum atomic E-state index is 13.8. The fourth-order valence-electron chi connectivity index (χ4n) is 5.42. The van der Waals surface area contributed by atoms with Crippen LogP contribution in [0.3, 0.4) is 0 Å². The lowest BCUT2D eigenvalue weighted by Gasteiger charge is -2.42. The summed E-state index contributed by atoms with van der Waals surface area (Å²) >= 11 is 0. The number of carbonyl (C=O) groups is 3. The molecule has 7 heteroatoms. The molecule has 2 aliphatic rings. The Hall–Kier alpha value is -3.55. The number of methoxy groups -OCH3 is 1. The molecule has 2 fully saturated rings. The van der Waals surface area contributed by atoms with Crippen molar-refractivity contribution in [2.75, 3.05) is 39.9 Å². The fraction of sp³-hybridized carbons (Fsp3) is 0.345. The number of hydrogen-bond acceptors (Lipinski definition) is 5. The van der Waals surface area contributed by atoms with Crippen molar-refractivity contribution >= 4 is 28.5 Å². The van der Waals surface area contributed by atoms with Crippen LogP contribution in [0.4, 0.5) is 4.79 Å². The van der Waals surface area contributed by atoms with Crippen molar-refractivity contribution < 1.29 is 19.1 Å². The van der Waals surface area contributed by atoms with Crippen LogP contribution in [0.25, 0.3) is 10.8 Å². The third kappa shape index (κ3) is 4.52. The van der Waals surface area contributed by atoms with E-state index in [1.807, 2.05) is 54.6 Å². The third-order valence-corrected chi connectivity index (χ3v) is 7.45. The van der Waals surface area contributed by atoms with E-state index in [1.54, 1.807) is 18.1 Å². The van der Waals surface area contributed by atoms with Crippen LogP contribution in [0.5, 0.6) is 0 Å². The van der Waals surface area contributed by atoms with Gasteiger partial charge in [0.2, 0.25) is 0 Å². The average molecular weight is 486 g/mol. The molecule has 2 saturated heterocycles. The maximum absolute atomic E-state index is 13.8. The molecule has 0 unspecified atom stereocenters. The van der Waals surface area contributed by atoms with E-state index in [9.17, 15) is 14.4 Å². The SMILES string of the molecule is COCCN1C(=O)N(CC(=O)c2ccc3ccccc3c2)C(=O)C12CCN(Cc1ccccc1)CC2. The first-order valence-electron chi connectivity index (χ1n) is 12.4. The van der Waals surface area contributed by atoms with Gasteiger partial charge in [-0.25, -0.2) is 4.79 Å². The van der Waals surface area contributed by atoms with Crippen LogP contribution in [-0.4, -0.2) is 77.9 Å².